The van der Waals surface area contributed by atoms with Gasteiger partial charge in [0, 0.05) is 25.6 Å². The number of nitrogens with one attached hydrogen (secondary N) is 2. The van der Waals surface area contributed by atoms with Crippen LogP contribution in [0.2, 0.25) is 0 Å². The Bertz CT molecular complexity index is 634. The first-order valence-electron chi connectivity index (χ1n) is 8.19. The summed E-state index contributed by atoms with van der Waals surface area (Å²) >= 11 is 0. The number of carbonyl (C=O) groups is 2. The van der Waals surface area contributed by atoms with Gasteiger partial charge in [0.2, 0.25) is 5.91 Å². The summed E-state index contributed by atoms with van der Waals surface area (Å²) in [7, 11) is 0. The number of alkyl halides is 3. The number of carbonyl (C=O) groups excluding carboxylic acids is 2. The molecule has 2 N–H and O–H groups in total. The molecular formula is C17H22F3N3O2. The summed E-state index contributed by atoms with van der Waals surface area (Å²) in [6, 6.07) is 3.55. The van der Waals surface area contributed by atoms with Crippen molar-refractivity contribution in [1.82, 2.24) is 15.5 Å². The van der Waals surface area contributed by atoms with Crippen LogP contribution < -0.4 is 10.6 Å². The monoisotopic (exact) mass is 357 g/mol. The van der Waals surface area contributed by atoms with Crippen molar-refractivity contribution < 1.29 is 22.8 Å². The van der Waals surface area contributed by atoms with Gasteiger partial charge in [-0.1, -0.05) is 12.1 Å². The van der Waals surface area contributed by atoms with E-state index in [0.717, 1.165) is 18.6 Å². The van der Waals surface area contributed by atoms with Crippen LogP contribution in [0.15, 0.2) is 24.3 Å². The average Bonchev–Trinajstić information content (AvgIpc) is 2.91. The van der Waals surface area contributed by atoms with Crippen molar-refractivity contribution in [2.45, 2.75) is 44.9 Å². The maximum absolute atomic E-state index is 12.8. The molecule has 0 bridgehead atoms. The molecule has 1 heterocycles. The molecule has 25 heavy (non-hydrogen) atoms. The van der Waals surface area contributed by atoms with E-state index in [1.165, 1.54) is 12.1 Å². The molecule has 0 saturated carbocycles. The first-order chi connectivity index (χ1) is 11.7. The van der Waals surface area contributed by atoms with Crippen molar-refractivity contribution in [3.05, 3.63) is 35.4 Å². The second-order valence-corrected chi connectivity index (χ2v) is 6.31. The number of amides is 3. The highest BCUT2D eigenvalue weighted by atomic mass is 19.4. The molecule has 1 fully saturated rings. The van der Waals surface area contributed by atoms with Crippen molar-refractivity contribution in [3.8, 4) is 0 Å². The zero-order chi connectivity index (χ0) is 18.6. The number of halogens is 3. The van der Waals surface area contributed by atoms with Crippen molar-refractivity contribution >= 4 is 11.9 Å². The third kappa shape index (κ3) is 5.37. The lowest BCUT2D eigenvalue weighted by Crippen LogP contribution is -2.46. The highest BCUT2D eigenvalue weighted by Gasteiger charge is 2.30. The lowest BCUT2D eigenvalue weighted by atomic mass is 10.1. The summed E-state index contributed by atoms with van der Waals surface area (Å²) in [5.74, 6) is 0.0754. The minimum Gasteiger partial charge on any atom is -0.341 e. The zero-order valence-corrected chi connectivity index (χ0v) is 14.2. The van der Waals surface area contributed by atoms with E-state index < -0.39 is 23.8 Å². The van der Waals surface area contributed by atoms with Crippen LogP contribution in [0.5, 0.6) is 0 Å². The first kappa shape index (κ1) is 19.1. The van der Waals surface area contributed by atoms with Crippen molar-refractivity contribution in [2.75, 3.05) is 13.1 Å². The summed E-state index contributed by atoms with van der Waals surface area (Å²) < 4.78 is 38.3. The van der Waals surface area contributed by atoms with E-state index in [1.807, 2.05) is 0 Å². The first-order valence-corrected chi connectivity index (χ1v) is 8.19. The Labute approximate surface area is 144 Å². The van der Waals surface area contributed by atoms with Crippen molar-refractivity contribution in [1.29, 1.82) is 0 Å². The maximum atomic E-state index is 12.8. The molecule has 0 aliphatic carbocycles. The van der Waals surface area contributed by atoms with Gasteiger partial charge in [0.15, 0.2) is 0 Å². The Hall–Kier alpha value is -2.25. The molecule has 1 aromatic carbocycles. The number of benzene rings is 1. The van der Waals surface area contributed by atoms with Gasteiger partial charge in [-0.2, -0.15) is 13.2 Å². The van der Waals surface area contributed by atoms with Gasteiger partial charge in [-0.05, 0) is 38.0 Å². The molecule has 0 spiro atoms. The standard InChI is InChI=1S/C17H22F3N3O2/c1-11(10-23-8-4-7-15(23)24)21-16(25)22-12(2)13-5-3-6-14(9-13)17(18,19)20/h3,5-6,9,11-12H,4,7-8,10H2,1-2H3,(H2,21,22,25). The van der Waals surface area contributed by atoms with Crippen LogP contribution in [0.4, 0.5) is 18.0 Å². The molecule has 1 aromatic rings. The SMILES string of the molecule is CC(CN1CCCC1=O)NC(=O)NC(C)c1cccc(C(F)(F)F)c1. The molecule has 1 aliphatic heterocycles. The van der Waals surface area contributed by atoms with E-state index in [2.05, 4.69) is 10.6 Å². The summed E-state index contributed by atoms with van der Waals surface area (Å²) in [4.78, 5) is 25.3. The van der Waals surface area contributed by atoms with Gasteiger partial charge in [-0.15, -0.1) is 0 Å². The fourth-order valence-electron chi connectivity index (χ4n) is 2.80. The van der Waals surface area contributed by atoms with Crippen LogP contribution in [0.3, 0.4) is 0 Å². The van der Waals surface area contributed by atoms with Gasteiger partial charge in [0.05, 0.1) is 11.6 Å². The number of hydrogen-bond acceptors (Lipinski definition) is 2. The smallest absolute Gasteiger partial charge is 0.341 e. The van der Waals surface area contributed by atoms with Crippen molar-refractivity contribution in [3.63, 3.8) is 0 Å². The van der Waals surface area contributed by atoms with E-state index in [9.17, 15) is 22.8 Å². The Kier molecular flexibility index (Phi) is 5.92. The summed E-state index contributed by atoms with van der Waals surface area (Å²) in [6.07, 6.45) is -3.06. The number of likely N-dealkylation sites (tertiary alicyclic amines) is 1. The molecule has 138 valence electrons. The van der Waals surface area contributed by atoms with E-state index in [0.29, 0.717) is 25.1 Å². The predicted octanol–water partition coefficient (Wildman–Crippen LogP) is 3.08. The fourth-order valence-corrected chi connectivity index (χ4v) is 2.80. The average molecular weight is 357 g/mol. The van der Waals surface area contributed by atoms with Crippen LogP contribution in [-0.2, 0) is 11.0 Å². The molecule has 8 heteroatoms. The van der Waals surface area contributed by atoms with Gasteiger partial charge in [0.1, 0.15) is 0 Å². The van der Waals surface area contributed by atoms with Gasteiger partial charge >= 0.3 is 12.2 Å². The Morgan fingerprint density at radius 3 is 2.60 bits per heavy atom. The highest BCUT2D eigenvalue weighted by molar-refractivity contribution is 5.78. The van der Waals surface area contributed by atoms with Gasteiger partial charge in [0.25, 0.3) is 0 Å². The van der Waals surface area contributed by atoms with Crippen molar-refractivity contribution in [2.24, 2.45) is 0 Å². The predicted molar refractivity (Wildman–Crippen MR) is 86.8 cm³/mol. The maximum Gasteiger partial charge on any atom is 0.416 e. The Balaban J connectivity index is 1.88. The second-order valence-electron chi connectivity index (χ2n) is 6.31. The van der Waals surface area contributed by atoms with Crippen LogP contribution in [0, 0.1) is 0 Å². The third-order valence-corrected chi connectivity index (χ3v) is 4.10. The normalized spacial score (nSPS) is 17.3. The summed E-state index contributed by atoms with van der Waals surface area (Å²) in [5.41, 5.74) is -0.382. The van der Waals surface area contributed by atoms with Gasteiger partial charge in [-0.25, -0.2) is 4.79 Å². The molecule has 2 atom stereocenters. The number of urea groups is 1. The molecule has 2 unspecified atom stereocenters. The molecule has 3 amide bonds. The molecule has 1 aliphatic rings. The molecule has 1 saturated heterocycles. The van der Waals surface area contributed by atoms with E-state index in [4.69, 9.17) is 0 Å². The molecule has 2 rings (SSSR count). The number of hydrogen-bond donors (Lipinski definition) is 2. The Morgan fingerprint density at radius 1 is 1.28 bits per heavy atom. The summed E-state index contributed by atoms with van der Waals surface area (Å²) in [5, 5.41) is 5.33. The fraction of sp³-hybridized carbons (Fsp3) is 0.529. The molecule has 0 radical (unpaired) electrons. The highest BCUT2D eigenvalue weighted by Crippen LogP contribution is 2.30. The second kappa shape index (κ2) is 7.76. The lowest BCUT2D eigenvalue weighted by Gasteiger charge is -2.23. The largest absolute Gasteiger partial charge is 0.416 e. The van der Waals surface area contributed by atoms with Crippen LogP contribution >= 0.6 is 0 Å². The quantitative estimate of drug-likeness (QED) is 0.851. The summed E-state index contributed by atoms with van der Waals surface area (Å²) in [6.45, 7) is 4.50. The van der Waals surface area contributed by atoms with Gasteiger partial charge in [-0.3, -0.25) is 4.79 Å². The van der Waals surface area contributed by atoms with Gasteiger partial charge < -0.3 is 15.5 Å². The van der Waals surface area contributed by atoms with Crippen LogP contribution in [-0.4, -0.2) is 36.0 Å². The van der Waals surface area contributed by atoms with E-state index in [-0.39, 0.29) is 11.9 Å². The molecule has 0 aromatic heterocycles. The minimum atomic E-state index is -4.42. The minimum absolute atomic E-state index is 0.0754. The number of rotatable bonds is 5. The number of nitrogens with zero attached hydrogens (tertiary/aromatic N) is 1. The van der Waals surface area contributed by atoms with Crippen LogP contribution in [0.1, 0.15) is 43.9 Å². The zero-order valence-electron chi connectivity index (χ0n) is 14.2. The third-order valence-electron chi connectivity index (χ3n) is 4.10. The lowest BCUT2D eigenvalue weighted by molar-refractivity contribution is -0.137. The van der Waals surface area contributed by atoms with E-state index in [1.54, 1.807) is 18.7 Å². The molecular weight excluding hydrogens is 335 g/mol. The topological polar surface area (TPSA) is 61.4 Å². The Morgan fingerprint density at radius 2 is 2.00 bits per heavy atom. The van der Waals surface area contributed by atoms with Crippen LogP contribution in [0.25, 0.3) is 0 Å². The van der Waals surface area contributed by atoms with E-state index >= 15 is 0 Å². The molecule has 5 nitrogen and oxygen atoms in total.